The van der Waals surface area contributed by atoms with Crippen molar-refractivity contribution < 1.29 is 4.58 Å². The third-order valence-electron chi connectivity index (χ3n) is 5.43. The van der Waals surface area contributed by atoms with Crippen molar-refractivity contribution in [1.29, 1.82) is 0 Å². The molecule has 20 heavy (non-hydrogen) atoms. The third-order valence-corrected chi connectivity index (χ3v) is 5.43. The normalized spacial score (nSPS) is 33.3. The van der Waals surface area contributed by atoms with Crippen LogP contribution in [0.4, 0.5) is 0 Å². The highest BCUT2D eigenvalue weighted by Gasteiger charge is 2.56. The first-order valence-electron chi connectivity index (χ1n) is 7.62. The first-order chi connectivity index (χ1) is 9.33. The van der Waals surface area contributed by atoms with Gasteiger partial charge in [0.1, 0.15) is 0 Å². The summed E-state index contributed by atoms with van der Waals surface area (Å²) in [5.41, 5.74) is 3.91. The molecule has 0 fully saturated rings. The Balaban J connectivity index is 3.77. The van der Waals surface area contributed by atoms with Gasteiger partial charge in [-0.25, -0.2) is 0 Å². The molecule has 0 saturated carbocycles. The first kappa shape index (κ1) is 16.7. The Kier molecular flexibility index (Phi) is 4.96. The van der Waals surface area contributed by atoms with E-state index in [4.69, 9.17) is 0 Å². The summed E-state index contributed by atoms with van der Waals surface area (Å²) in [6.45, 7) is 21.7. The molecule has 0 aromatic heterocycles. The van der Waals surface area contributed by atoms with E-state index >= 15 is 0 Å². The predicted molar refractivity (Wildman–Crippen MR) is 90.3 cm³/mol. The van der Waals surface area contributed by atoms with Gasteiger partial charge in [-0.1, -0.05) is 32.6 Å². The minimum Gasteiger partial charge on any atom is -0.193 e. The SMILES string of the molecule is C=CC=[N+]1C(=C)C(C)=C(C=CC)C(C)(CC)C1(C)CC. The second-order valence-electron chi connectivity index (χ2n) is 6.05. The highest BCUT2D eigenvalue weighted by atomic mass is 15.1. The molecule has 0 N–H and O–H groups in total. The lowest BCUT2D eigenvalue weighted by molar-refractivity contribution is -0.578. The molecule has 0 bridgehead atoms. The van der Waals surface area contributed by atoms with E-state index in [1.54, 1.807) is 0 Å². The van der Waals surface area contributed by atoms with Gasteiger partial charge in [-0.15, -0.1) is 0 Å². The summed E-state index contributed by atoms with van der Waals surface area (Å²) >= 11 is 0. The Hall–Kier alpha value is -1.37. The molecule has 110 valence electrons. The topological polar surface area (TPSA) is 3.01 Å². The maximum absolute atomic E-state index is 4.33. The summed E-state index contributed by atoms with van der Waals surface area (Å²) in [4.78, 5) is 0. The third kappa shape index (κ3) is 2.13. The highest BCUT2D eigenvalue weighted by molar-refractivity contribution is 5.66. The summed E-state index contributed by atoms with van der Waals surface area (Å²) < 4.78 is 2.33. The molecule has 1 nitrogen and oxygen atoms in total. The van der Waals surface area contributed by atoms with Gasteiger partial charge in [0.15, 0.2) is 11.8 Å². The van der Waals surface area contributed by atoms with Crippen LogP contribution >= 0.6 is 0 Å². The fourth-order valence-corrected chi connectivity index (χ4v) is 3.57. The first-order valence-corrected chi connectivity index (χ1v) is 7.62. The second kappa shape index (κ2) is 5.95. The van der Waals surface area contributed by atoms with E-state index in [0.29, 0.717) is 0 Å². The van der Waals surface area contributed by atoms with Crippen molar-refractivity contribution in [1.82, 2.24) is 0 Å². The molecular weight excluding hydrogens is 242 g/mol. The fourth-order valence-electron chi connectivity index (χ4n) is 3.57. The fraction of sp³-hybridized carbons (Fsp3) is 0.526. The zero-order valence-electron chi connectivity index (χ0n) is 14.1. The smallest absolute Gasteiger partial charge is 0.193 e. The lowest BCUT2D eigenvalue weighted by Gasteiger charge is -2.47. The molecule has 1 rings (SSSR count). The van der Waals surface area contributed by atoms with Gasteiger partial charge in [0.25, 0.3) is 0 Å². The van der Waals surface area contributed by atoms with Crippen LogP contribution in [-0.2, 0) is 0 Å². The number of rotatable bonds is 4. The molecule has 0 radical (unpaired) electrons. The van der Waals surface area contributed by atoms with Crippen molar-refractivity contribution in [3.8, 4) is 0 Å². The van der Waals surface area contributed by atoms with Crippen LogP contribution in [-0.4, -0.2) is 16.3 Å². The number of hydrogen-bond donors (Lipinski definition) is 0. The molecule has 1 heteroatoms. The van der Waals surface area contributed by atoms with Gasteiger partial charge in [0.2, 0.25) is 5.70 Å². The lowest BCUT2D eigenvalue weighted by atomic mass is 9.60. The van der Waals surface area contributed by atoms with Crippen LogP contribution in [0.15, 0.2) is 48.2 Å². The molecule has 0 spiro atoms. The van der Waals surface area contributed by atoms with Gasteiger partial charge in [-0.05, 0) is 45.4 Å². The zero-order chi connectivity index (χ0) is 15.6. The van der Waals surface area contributed by atoms with Gasteiger partial charge in [0, 0.05) is 18.9 Å². The van der Waals surface area contributed by atoms with E-state index in [9.17, 15) is 0 Å². The van der Waals surface area contributed by atoms with Crippen LogP contribution in [0.3, 0.4) is 0 Å². The molecule has 0 aliphatic carbocycles. The molecule has 2 atom stereocenters. The molecule has 2 unspecified atom stereocenters. The minimum atomic E-state index is 0.0153. The van der Waals surface area contributed by atoms with Crippen molar-refractivity contribution in [2.45, 2.75) is 59.9 Å². The quantitative estimate of drug-likeness (QED) is 0.614. The number of hydrogen-bond acceptors (Lipinski definition) is 0. The number of nitrogens with zero attached hydrogens (tertiary/aromatic N) is 1. The van der Waals surface area contributed by atoms with Crippen molar-refractivity contribution in [2.24, 2.45) is 5.41 Å². The van der Waals surface area contributed by atoms with E-state index in [1.807, 2.05) is 6.08 Å². The molecule has 0 saturated heterocycles. The molecule has 1 aliphatic rings. The molecular formula is C19H30N+. The van der Waals surface area contributed by atoms with Gasteiger partial charge >= 0.3 is 0 Å². The van der Waals surface area contributed by atoms with Crippen LogP contribution in [0.2, 0.25) is 0 Å². The highest BCUT2D eigenvalue weighted by Crippen LogP contribution is 2.52. The molecule has 0 aromatic carbocycles. The van der Waals surface area contributed by atoms with Crippen molar-refractivity contribution in [3.05, 3.63) is 48.2 Å². The van der Waals surface area contributed by atoms with E-state index in [-0.39, 0.29) is 11.0 Å². The average molecular weight is 272 g/mol. The van der Waals surface area contributed by atoms with Crippen LogP contribution < -0.4 is 0 Å². The van der Waals surface area contributed by atoms with E-state index in [0.717, 1.165) is 18.5 Å². The predicted octanol–water partition coefficient (Wildman–Crippen LogP) is 5.26. The largest absolute Gasteiger partial charge is 0.201 e. The van der Waals surface area contributed by atoms with E-state index < -0.39 is 0 Å². The minimum absolute atomic E-state index is 0.0153. The van der Waals surface area contributed by atoms with Crippen molar-refractivity contribution >= 4 is 6.21 Å². The zero-order valence-corrected chi connectivity index (χ0v) is 14.1. The molecule has 0 amide bonds. The second-order valence-corrected chi connectivity index (χ2v) is 6.05. The molecule has 1 aliphatic heterocycles. The van der Waals surface area contributed by atoms with Gasteiger partial charge in [-0.2, -0.15) is 4.58 Å². The molecule has 0 aromatic rings. The van der Waals surface area contributed by atoms with Crippen LogP contribution in [0, 0.1) is 5.41 Å². The maximum Gasteiger partial charge on any atom is 0.201 e. The summed E-state index contributed by atoms with van der Waals surface area (Å²) in [5.74, 6) is 0. The maximum atomic E-state index is 4.33. The summed E-state index contributed by atoms with van der Waals surface area (Å²) in [6, 6.07) is 0. The lowest BCUT2D eigenvalue weighted by Crippen LogP contribution is -2.55. The van der Waals surface area contributed by atoms with Crippen LogP contribution in [0.1, 0.15) is 54.4 Å². The van der Waals surface area contributed by atoms with Gasteiger partial charge in [0.05, 0.1) is 5.41 Å². The Morgan fingerprint density at radius 1 is 1.20 bits per heavy atom. The Labute approximate surface area is 125 Å². The Morgan fingerprint density at radius 3 is 2.20 bits per heavy atom. The van der Waals surface area contributed by atoms with Crippen LogP contribution in [0.5, 0.6) is 0 Å². The summed E-state index contributed by atoms with van der Waals surface area (Å²) in [5, 5.41) is 0. The standard InChI is InChI=1S/C19H30N/c1-9-13-17-15(5)16(6)20(14-10-2)19(8,12-4)18(17,7)11-3/h9-10,13-14H,2,6,11-12H2,1,3-5,7-8H3/q+1. The average Bonchev–Trinajstić information content (AvgIpc) is 2.46. The summed E-state index contributed by atoms with van der Waals surface area (Å²) in [6.07, 6.45) is 10.5. The Bertz CT molecular complexity index is 504. The van der Waals surface area contributed by atoms with Crippen LogP contribution in [0.25, 0.3) is 0 Å². The number of allylic oxidation sites excluding steroid dienone is 4. The van der Waals surface area contributed by atoms with Gasteiger partial charge < -0.3 is 0 Å². The van der Waals surface area contributed by atoms with Gasteiger partial charge in [-0.3, -0.25) is 0 Å². The van der Waals surface area contributed by atoms with Crippen molar-refractivity contribution in [3.63, 3.8) is 0 Å². The summed E-state index contributed by atoms with van der Waals surface area (Å²) in [7, 11) is 0. The van der Waals surface area contributed by atoms with E-state index in [2.05, 4.69) is 77.6 Å². The van der Waals surface area contributed by atoms with E-state index in [1.165, 1.54) is 11.1 Å². The van der Waals surface area contributed by atoms with Crippen molar-refractivity contribution in [2.75, 3.05) is 0 Å². The Morgan fingerprint density at radius 2 is 1.80 bits per heavy atom. The molecule has 1 heterocycles. The monoisotopic (exact) mass is 272 g/mol.